The predicted molar refractivity (Wildman–Crippen MR) is 151 cm³/mol. The molecular weight excluding hydrogens is 511 g/mol. The van der Waals surface area contributed by atoms with Crippen molar-refractivity contribution in [1.29, 1.82) is 0 Å². The normalized spacial score (nSPS) is 15.3. The van der Waals surface area contributed by atoms with E-state index in [-0.39, 0.29) is 11.7 Å². The van der Waals surface area contributed by atoms with Gasteiger partial charge in [-0.3, -0.25) is 9.78 Å². The van der Waals surface area contributed by atoms with Crippen LogP contribution in [0.1, 0.15) is 77.2 Å². The Morgan fingerprint density at radius 2 is 1.88 bits per heavy atom. The van der Waals surface area contributed by atoms with Gasteiger partial charge in [-0.05, 0) is 113 Å². The van der Waals surface area contributed by atoms with Crippen LogP contribution < -0.4 is 9.64 Å². The van der Waals surface area contributed by atoms with Gasteiger partial charge < -0.3 is 19.5 Å². The number of anilines is 1. The van der Waals surface area contributed by atoms with E-state index in [0.717, 1.165) is 28.8 Å². The maximum Gasteiger partial charge on any atom is 0.337 e. The van der Waals surface area contributed by atoms with E-state index in [0.29, 0.717) is 59.5 Å². The van der Waals surface area contributed by atoms with Crippen molar-refractivity contribution in [2.75, 3.05) is 18.1 Å². The lowest BCUT2D eigenvalue weighted by Gasteiger charge is -2.30. The highest BCUT2D eigenvalue weighted by molar-refractivity contribution is 6.08. The summed E-state index contributed by atoms with van der Waals surface area (Å²) in [5, 5.41) is 10.4. The highest BCUT2D eigenvalue weighted by atomic mass is 19.1. The van der Waals surface area contributed by atoms with Gasteiger partial charge in [-0.25, -0.2) is 9.18 Å². The molecule has 3 aromatic rings. The van der Waals surface area contributed by atoms with Crippen LogP contribution in [0.25, 0.3) is 11.1 Å². The molecule has 7 nitrogen and oxygen atoms in total. The Labute approximate surface area is 233 Å². The van der Waals surface area contributed by atoms with E-state index >= 15 is 4.39 Å². The van der Waals surface area contributed by atoms with Gasteiger partial charge in [0.2, 0.25) is 0 Å². The second kappa shape index (κ2) is 10.3. The molecule has 0 bridgehead atoms. The first kappa shape index (κ1) is 27.8. The SMILES string of the molecule is Cc1ccc(C(=O)N2CCc3c2cc(C)c([C@H](OC(C)(C)C)C(=O)O)c3-c2cc(F)c3c(c2C)CCCO3)cn1. The number of hydrogen-bond donors (Lipinski definition) is 1. The van der Waals surface area contributed by atoms with Crippen molar-refractivity contribution >= 4 is 17.6 Å². The van der Waals surface area contributed by atoms with Crippen LogP contribution in [0.4, 0.5) is 10.1 Å². The van der Waals surface area contributed by atoms with Gasteiger partial charge in [-0.1, -0.05) is 0 Å². The number of aromatic nitrogens is 1. The van der Waals surface area contributed by atoms with Gasteiger partial charge >= 0.3 is 5.97 Å². The lowest BCUT2D eigenvalue weighted by molar-refractivity contribution is -0.160. The largest absolute Gasteiger partial charge is 0.490 e. The topological polar surface area (TPSA) is 89.0 Å². The molecule has 3 heterocycles. The van der Waals surface area contributed by atoms with Gasteiger partial charge in [0, 0.05) is 35.2 Å². The number of carbonyl (C=O) groups excluding carboxylic acids is 1. The molecule has 0 spiro atoms. The van der Waals surface area contributed by atoms with Crippen LogP contribution >= 0.6 is 0 Å². The molecule has 2 aliphatic heterocycles. The number of halogens is 1. The lowest BCUT2D eigenvalue weighted by atomic mass is 9.83. The molecule has 5 rings (SSSR count). The van der Waals surface area contributed by atoms with Crippen LogP contribution in [0, 0.1) is 26.6 Å². The minimum Gasteiger partial charge on any atom is -0.490 e. The molecule has 2 aliphatic rings. The Balaban J connectivity index is 1.77. The number of benzene rings is 2. The molecule has 0 radical (unpaired) electrons. The maximum absolute atomic E-state index is 15.5. The van der Waals surface area contributed by atoms with Crippen LogP contribution in [0.5, 0.6) is 5.75 Å². The summed E-state index contributed by atoms with van der Waals surface area (Å²) in [4.78, 5) is 32.3. The molecule has 8 heteroatoms. The van der Waals surface area contributed by atoms with Crippen LogP contribution in [0.2, 0.25) is 0 Å². The number of fused-ring (bicyclic) bond motifs is 2. The summed E-state index contributed by atoms with van der Waals surface area (Å²) < 4.78 is 27.3. The molecule has 0 fully saturated rings. The van der Waals surface area contributed by atoms with Crippen LogP contribution in [-0.4, -0.2) is 40.7 Å². The molecule has 0 saturated carbocycles. The zero-order valence-corrected chi connectivity index (χ0v) is 23.9. The molecule has 0 saturated heterocycles. The van der Waals surface area contributed by atoms with E-state index in [9.17, 15) is 14.7 Å². The molecule has 2 aromatic carbocycles. The van der Waals surface area contributed by atoms with Crippen molar-refractivity contribution < 1.29 is 28.6 Å². The van der Waals surface area contributed by atoms with Crippen molar-refractivity contribution in [2.24, 2.45) is 0 Å². The predicted octanol–water partition coefficient (Wildman–Crippen LogP) is 6.28. The second-order valence-electron chi connectivity index (χ2n) is 11.6. The smallest absolute Gasteiger partial charge is 0.337 e. The number of rotatable bonds is 5. The summed E-state index contributed by atoms with van der Waals surface area (Å²) >= 11 is 0. The first-order valence-electron chi connectivity index (χ1n) is 13.6. The fraction of sp³-hybridized carbons (Fsp3) is 0.406. The number of nitrogens with zero attached hydrogens (tertiary/aromatic N) is 2. The Morgan fingerprint density at radius 3 is 2.52 bits per heavy atom. The molecule has 1 N–H and O–H groups in total. The number of amides is 1. The molecule has 1 aromatic heterocycles. The number of pyridine rings is 1. The van der Waals surface area contributed by atoms with E-state index in [1.54, 1.807) is 23.2 Å². The monoisotopic (exact) mass is 546 g/mol. The van der Waals surface area contributed by atoms with Crippen molar-refractivity contribution in [3.8, 4) is 16.9 Å². The molecule has 1 atom stereocenters. The molecule has 210 valence electrons. The Kier molecular flexibility index (Phi) is 7.17. The first-order chi connectivity index (χ1) is 18.9. The van der Waals surface area contributed by atoms with Crippen LogP contribution in [0.3, 0.4) is 0 Å². The molecule has 0 aliphatic carbocycles. The molecule has 0 unspecified atom stereocenters. The maximum atomic E-state index is 15.5. The van der Waals surface area contributed by atoms with E-state index in [4.69, 9.17) is 9.47 Å². The zero-order chi connectivity index (χ0) is 28.9. The van der Waals surface area contributed by atoms with Gasteiger partial charge in [0.15, 0.2) is 17.7 Å². The highest BCUT2D eigenvalue weighted by Crippen LogP contribution is 2.47. The Hall–Kier alpha value is -3.78. The number of hydrogen-bond acceptors (Lipinski definition) is 5. The Morgan fingerprint density at radius 1 is 1.12 bits per heavy atom. The average molecular weight is 547 g/mol. The molecule has 40 heavy (non-hydrogen) atoms. The Bertz CT molecular complexity index is 1510. The van der Waals surface area contributed by atoms with Gasteiger partial charge in [-0.15, -0.1) is 0 Å². The number of aryl methyl sites for hydroxylation is 2. The number of carbonyl (C=O) groups is 2. The second-order valence-corrected chi connectivity index (χ2v) is 11.6. The standard InChI is InChI=1S/C32H35FN2O5/c1-17-14-25-22(11-12-35(25)30(36)20-10-9-18(2)34-16-20)27(26(17)29(31(37)38)40-32(4,5)6)23-15-24(33)28-21(19(23)3)8-7-13-39-28/h9-10,14-16,29H,7-8,11-13H2,1-6H3,(H,37,38)/t29-/m0/s1. The van der Waals surface area contributed by atoms with Crippen LogP contribution in [-0.2, 0) is 22.4 Å². The van der Waals surface area contributed by atoms with E-state index in [1.165, 1.54) is 6.07 Å². The fourth-order valence-corrected chi connectivity index (χ4v) is 5.81. The highest BCUT2D eigenvalue weighted by Gasteiger charge is 2.37. The number of ether oxygens (including phenoxy) is 2. The van der Waals surface area contributed by atoms with Gasteiger partial charge in [0.05, 0.1) is 17.8 Å². The summed E-state index contributed by atoms with van der Waals surface area (Å²) in [5.41, 5.74) is 6.01. The van der Waals surface area contributed by atoms with Gasteiger partial charge in [0.25, 0.3) is 5.91 Å². The number of carboxylic acids is 1. The third-order valence-electron chi connectivity index (χ3n) is 7.60. The third-order valence-corrected chi connectivity index (χ3v) is 7.60. The molecular formula is C32H35FN2O5. The van der Waals surface area contributed by atoms with Gasteiger partial charge in [-0.2, -0.15) is 0 Å². The van der Waals surface area contributed by atoms with Gasteiger partial charge in [0.1, 0.15) is 0 Å². The number of carboxylic acid groups (broad SMARTS) is 1. The van der Waals surface area contributed by atoms with E-state index in [2.05, 4.69) is 4.98 Å². The summed E-state index contributed by atoms with van der Waals surface area (Å²) in [6.07, 6.45) is 2.20. The van der Waals surface area contributed by atoms with Crippen molar-refractivity contribution in [3.05, 3.63) is 75.4 Å². The first-order valence-corrected chi connectivity index (χ1v) is 13.6. The minimum atomic E-state index is -1.29. The summed E-state index contributed by atoms with van der Waals surface area (Å²) in [7, 11) is 0. The lowest BCUT2D eigenvalue weighted by Crippen LogP contribution is -2.30. The van der Waals surface area contributed by atoms with Crippen molar-refractivity contribution in [3.63, 3.8) is 0 Å². The van der Waals surface area contributed by atoms with E-state index in [1.807, 2.05) is 47.6 Å². The van der Waals surface area contributed by atoms with E-state index < -0.39 is 23.5 Å². The van der Waals surface area contributed by atoms with Crippen molar-refractivity contribution in [1.82, 2.24) is 4.98 Å². The van der Waals surface area contributed by atoms with Crippen molar-refractivity contribution in [2.45, 2.75) is 72.5 Å². The average Bonchev–Trinajstić information content (AvgIpc) is 3.31. The quantitative estimate of drug-likeness (QED) is 0.405. The zero-order valence-electron chi connectivity index (χ0n) is 23.9. The minimum absolute atomic E-state index is 0.188. The summed E-state index contributed by atoms with van der Waals surface area (Å²) in [6, 6.07) is 6.86. The molecule has 1 amide bonds. The fourth-order valence-electron chi connectivity index (χ4n) is 5.81. The number of aliphatic carboxylic acids is 1. The summed E-state index contributed by atoms with van der Waals surface area (Å²) in [5.74, 6) is -1.53. The van der Waals surface area contributed by atoms with Crippen LogP contribution in [0.15, 0.2) is 30.5 Å². The summed E-state index contributed by atoms with van der Waals surface area (Å²) in [6.45, 7) is 11.9. The third kappa shape index (κ3) is 4.96.